The van der Waals surface area contributed by atoms with Gasteiger partial charge in [0.05, 0.1) is 0 Å². The molecular weight excluding hydrogens is 202 g/mol. The van der Waals surface area contributed by atoms with Crippen LogP contribution in [0.5, 0.6) is 0 Å². The van der Waals surface area contributed by atoms with E-state index in [0.29, 0.717) is 5.92 Å². The van der Waals surface area contributed by atoms with E-state index in [1.54, 1.807) is 0 Å². The van der Waals surface area contributed by atoms with Gasteiger partial charge < -0.3 is 10.1 Å². The average molecular weight is 225 g/mol. The number of carbonyl (C=O) groups is 1. The van der Waals surface area contributed by atoms with E-state index in [1.165, 1.54) is 19.3 Å². The third-order valence-corrected chi connectivity index (χ3v) is 3.98. The summed E-state index contributed by atoms with van der Waals surface area (Å²) in [6.45, 7) is 3.16. The number of nitrogens with one attached hydrogen (secondary N) is 1. The molecule has 0 aromatic carbocycles. The highest BCUT2D eigenvalue weighted by Crippen LogP contribution is 2.29. The predicted octanol–water partition coefficient (Wildman–Crippen LogP) is 2.25. The molecule has 0 aromatic rings. The molecule has 16 heavy (non-hydrogen) atoms. The molecule has 1 saturated carbocycles. The Balaban J connectivity index is 1.84. The molecule has 2 fully saturated rings. The first-order valence-corrected chi connectivity index (χ1v) is 6.75. The van der Waals surface area contributed by atoms with Gasteiger partial charge in [-0.05, 0) is 51.0 Å². The van der Waals surface area contributed by atoms with E-state index in [1.807, 2.05) is 0 Å². The number of hydrogen-bond donors (Lipinski definition) is 1. The van der Waals surface area contributed by atoms with Gasteiger partial charge in [-0.25, -0.2) is 0 Å². The Morgan fingerprint density at radius 3 is 2.75 bits per heavy atom. The number of ether oxygens (including phenoxy) is 1. The minimum absolute atomic E-state index is 0.0112. The summed E-state index contributed by atoms with van der Waals surface area (Å²) in [4.78, 5) is 11.9. The molecule has 0 spiro atoms. The molecule has 0 radical (unpaired) electrons. The SMILES string of the molecule is CCC1CCCCC1OC(=O)[C@@H]1CCCN1. The normalized spacial score (nSPS) is 34.9. The lowest BCUT2D eigenvalue weighted by Crippen LogP contribution is -2.38. The van der Waals surface area contributed by atoms with Gasteiger partial charge in [0.1, 0.15) is 12.1 Å². The van der Waals surface area contributed by atoms with Gasteiger partial charge in [-0.2, -0.15) is 0 Å². The van der Waals surface area contributed by atoms with Gasteiger partial charge in [0.15, 0.2) is 0 Å². The van der Waals surface area contributed by atoms with Crippen LogP contribution in [0, 0.1) is 5.92 Å². The second-order valence-corrected chi connectivity index (χ2v) is 5.08. The van der Waals surface area contributed by atoms with Crippen molar-refractivity contribution < 1.29 is 9.53 Å². The van der Waals surface area contributed by atoms with Crippen molar-refractivity contribution in [1.82, 2.24) is 5.32 Å². The van der Waals surface area contributed by atoms with Gasteiger partial charge >= 0.3 is 5.97 Å². The summed E-state index contributed by atoms with van der Waals surface area (Å²) in [7, 11) is 0. The van der Waals surface area contributed by atoms with Crippen LogP contribution in [0.3, 0.4) is 0 Å². The third kappa shape index (κ3) is 2.76. The van der Waals surface area contributed by atoms with E-state index in [-0.39, 0.29) is 18.1 Å². The highest BCUT2D eigenvalue weighted by molar-refractivity contribution is 5.76. The van der Waals surface area contributed by atoms with E-state index in [9.17, 15) is 4.79 Å². The maximum absolute atomic E-state index is 11.9. The molecule has 1 heterocycles. The molecule has 0 aromatic heterocycles. The lowest BCUT2D eigenvalue weighted by Gasteiger charge is -2.31. The number of hydrogen-bond acceptors (Lipinski definition) is 3. The summed E-state index contributed by atoms with van der Waals surface area (Å²) in [6.07, 6.45) is 8.18. The van der Waals surface area contributed by atoms with Crippen LogP contribution in [0.4, 0.5) is 0 Å². The van der Waals surface area contributed by atoms with E-state index in [0.717, 1.165) is 32.2 Å². The lowest BCUT2D eigenvalue weighted by molar-refractivity contribution is -0.155. The quantitative estimate of drug-likeness (QED) is 0.749. The zero-order chi connectivity index (χ0) is 11.4. The molecule has 2 unspecified atom stereocenters. The van der Waals surface area contributed by atoms with Gasteiger partial charge in [-0.3, -0.25) is 4.79 Å². The Bertz CT molecular complexity index is 236. The summed E-state index contributed by atoms with van der Waals surface area (Å²) in [5.41, 5.74) is 0. The van der Waals surface area contributed by atoms with Crippen LogP contribution in [-0.4, -0.2) is 24.7 Å². The molecule has 3 atom stereocenters. The van der Waals surface area contributed by atoms with Gasteiger partial charge in [-0.15, -0.1) is 0 Å². The van der Waals surface area contributed by atoms with Crippen LogP contribution in [0.1, 0.15) is 51.9 Å². The van der Waals surface area contributed by atoms with Crippen LogP contribution in [0.2, 0.25) is 0 Å². The Kier molecular flexibility index (Phi) is 4.22. The Labute approximate surface area is 97.9 Å². The Morgan fingerprint density at radius 2 is 2.06 bits per heavy atom. The second kappa shape index (κ2) is 5.67. The Hall–Kier alpha value is -0.570. The lowest BCUT2D eigenvalue weighted by atomic mass is 9.85. The van der Waals surface area contributed by atoms with Gasteiger partial charge in [0.25, 0.3) is 0 Å². The molecule has 0 bridgehead atoms. The van der Waals surface area contributed by atoms with Crippen molar-refractivity contribution in [3.63, 3.8) is 0 Å². The van der Waals surface area contributed by atoms with E-state index >= 15 is 0 Å². The largest absolute Gasteiger partial charge is 0.461 e. The van der Waals surface area contributed by atoms with Gasteiger partial charge in [0.2, 0.25) is 0 Å². The van der Waals surface area contributed by atoms with Crippen molar-refractivity contribution in [2.45, 2.75) is 64.0 Å². The molecular formula is C13H23NO2. The highest BCUT2D eigenvalue weighted by Gasteiger charge is 2.30. The maximum atomic E-state index is 11.9. The fraction of sp³-hybridized carbons (Fsp3) is 0.923. The summed E-state index contributed by atoms with van der Waals surface area (Å²) in [6, 6.07) is -0.0283. The zero-order valence-electron chi connectivity index (χ0n) is 10.2. The topological polar surface area (TPSA) is 38.3 Å². The molecule has 2 aliphatic rings. The first-order valence-electron chi connectivity index (χ1n) is 6.75. The average Bonchev–Trinajstić information content (AvgIpc) is 2.83. The van der Waals surface area contributed by atoms with E-state index < -0.39 is 0 Å². The third-order valence-electron chi connectivity index (χ3n) is 3.98. The van der Waals surface area contributed by atoms with Crippen molar-refractivity contribution in [2.75, 3.05) is 6.54 Å². The Morgan fingerprint density at radius 1 is 1.25 bits per heavy atom. The van der Waals surface area contributed by atoms with Crippen molar-refractivity contribution in [3.8, 4) is 0 Å². The molecule has 3 nitrogen and oxygen atoms in total. The first kappa shape index (κ1) is 11.9. The van der Waals surface area contributed by atoms with Crippen LogP contribution in [-0.2, 0) is 9.53 Å². The second-order valence-electron chi connectivity index (χ2n) is 5.08. The molecule has 1 saturated heterocycles. The van der Waals surface area contributed by atoms with E-state index in [4.69, 9.17) is 4.74 Å². The molecule has 0 amide bonds. The smallest absolute Gasteiger partial charge is 0.323 e. The first-order chi connectivity index (χ1) is 7.81. The predicted molar refractivity (Wildman–Crippen MR) is 63.2 cm³/mol. The number of esters is 1. The minimum Gasteiger partial charge on any atom is -0.461 e. The van der Waals surface area contributed by atoms with Crippen molar-refractivity contribution in [1.29, 1.82) is 0 Å². The van der Waals surface area contributed by atoms with Crippen molar-refractivity contribution in [2.24, 2.45) is 5.92 Å². The van der Waals surface area contributed by atoms with Crippen LogP contribution < -0.4 is 5.32 Å². The van der Waals surface area contributed by atoms with Gasteiger partial charge in [-0.1, -0.05) is 13.3 Å². The monoisotopic (exact) mass is 225 g/mol. The van der Waals surface area contributed by atoms with Crippen molar-refractivity contribution in [3.05, 3.63) is 0 Å². The molecule has 1 aliphatic heterocycles. The molecule has 1 N–H and O–H groups in total. The molecule has 1 aliphatic carbocycles. The highest BCUT2D eigenvalue weighted by atomic mass is 16.5. The maximum Gasteiger partial charge on any atom is 0.323 e. The summed E-state index contributed by atoms with van der Waals surface area (Å²) >= 11 is 0. The van der Waals surface area contributed by atoms with Gasteiger partial charge in [0, 0.05) is 0 Å². The summed E-state index contributed by atoms with van der Waals surface area (Å²) in [5.74, 6) is 0.585. The fourth-order valence-corrected chi connectivity index (χ4v) is 2.91. The van der Waals surface area contributed by atoms with Crippen LogP contribution >= 0.6 is 0 Å². The summed E-state index contributed by atoms with van der Waals surface area (Å²) < 4.78 is 5.68. The molecule has 3 heteroatoms. The van der Waals surface area contributed by atoms with E-state index in [2.05, 4.69) is 12.2 Å². The van der Waals surface area contributed by atoms with Crippen molar-refractivity contribution >= 4 is 5.97 Å². The molecule has 92 valence electrons. The fourth-order valence-electron chi connectivity index (χ4n) is 2.91. The molecule has 2 rings (SSSR count). The summed E-state index contributed by atoms with van der Waals surface area (Å²) in [5, 5.41) is 3.20. The standard InChI is InChI=1S/C13H23NO2/c1-2-10-6-3-4-8-12(10)16-13(15)11-7-5-9-14-11/h10-12,14H,2-9H2,1H3/t10?,11-,12?/m0/s1. The van der Waals surface area contributed by atoms with Crippen LogP contribution in [0.15, 0.2) is 0 Å². The minimum atomic E-state index is -0.0283. The van der Waals surface area contributed by atoms with Crippen LogP contribution in [0.25, 0.3) is 0 Å². The number of carbonyl (C=O) groups excluding carboxylic acids is 1. The number of rotatable bonds is 3. The zero-order valence-corrected chi connectivity index (χ0v) is 10.2.